The van der Waals surface area contributed by atoms with Crippen molar-refractivity contribution in [2.45, 2.75) is 12.6 Å². The van der Waals surface area contributed by atoms with Gasteiger partial charge in [0.05, 0.1) is 26.7 Å². The van der Waals surface area contributed by atoms with E-state index in [1.165, 1.54) is 7.11 Å². The molecule has 0 aromatic heterocycles. The highest BCUT2D eigenvalue weighted by molar-refractivity contribution is 5.69. The molecule has 1 fully saturated rings. The molecular formula is C7H11FO3. The number of carbonyl (C=O) groups excluding carboxylic acids is 1. The van der Waals surface area contributed by atoms with Crippen LogP contribution in [0.4, 0.5) is 4.39 Å². The number of esters is 1. The number of carbonyl (C=O) groups is 1. The van der Waals surface area contributed by atoms with Crippen LogP contribution in [0.25, 0.3) is 0 Å². The fraction of sp³-hybridized carbons (Fsp3) is 0.857. The van der Waals surface area contributed by atoms with E-state index in [0.29, 0.717) is 6.61 Å². The monoisotopic (exact) mass is 162 g/mol. The summed E-state index contributed by atoms with van der Waals surface area (Å²) in [6, 6.07) is 0. The van der Waals surface area contributed by atoms with E-state index in [2.05, 4.69) is 4.74 Å². The number of hydrogen-bond donors (Lipinski definition) is 0. The average Bonchev–Trinajstić information content (AvgIpc) is 2.37. The molecule has 0 unspecified atom stereocenters. The van der Waals surface area contributed by atoms with Crippen LogP contribution in [0.1, 0.15) is 6.42 Å². The number of methoxy groups -OCH3 is 1. The molecule has 1 aliphatic heterocycles. The third-order valence-electron chi connectivity index (χ3n) is 1.78. The normalized spacial score (nSPS) is 30.4. The Hall–Kier alpha value is -0.640. The minimum absolute atomic E-state index is 0.113. The quantitative estimate of drug-likeness (QED) is 0.556. The molecular weight excluding hydrogens is 151 g/mol. The number of hydrogen-bond acceptors (Lipinski definition) is 3. The first-order chi connectivity index (χ1) is 5.24. The first-order valence-electron chi connectivity index (χ1n) is 3.52. The Bertz CT molecular complexity index is 149. The molecule has 3 nitrogen and oxygen atoms in total. The highest BCUT2D eigenvalue weighted by Gasteiger charge is 2.30. The molecule has 0 amide bonds. The van der Waals surface area contributed by atoms with Gasteiger partial charge in [0.2, 0.25) is 0 Å². The summed E-state index contributed by atoms with van der Waals surface area (Å²) in [6.07, 6.45) is -0.883. The van der Waals surface area contributed by atoms with Crippen LogP contribution in [-0.2, 0) is 14.3 Å². The Balaban J connectivity index is 2.30. The summed E-state index contributed by atoms with van der Waals surface area (Å²) in [7, 11) is 1.30. The van der Waals surface area contributed by atoms with Gasteiger partial charge in [0.1, 0.15) is 6.17 Å². The molecule has 0 spiro atoms. The summed E-state index contributed by atoms with van der Waals surface area (Å²) < 4.78 is 22.0. The number of ether oxygens (including phenoxy) is 2. The predicted molar refractivity (Wildman–Crippen MR) is 35.8 cm³/mol. The van der Waals surface area contributed by atoms with Gasteiger partial charge < -0.3 is 9.47 Å². The maximum Gasteiger partial charge on any atom is 0.305 e. The first kappa shape index (κ1) is 8.46. The fourth-order valence-corrected chi connectivity index (χ4v) is 1.06. The summed E-state index contributed by atoms with van der Waals surface area (Å²) in [6.45, 7) is 0.442. The lowest BCUT2D eigenvalue weighted by atomic mass is 10.0. The lowest BCUT2D eigenvalue weighted by Crippen LogP contribution is -2.18. The third kappa shape index (κ3) is 2.15. The van der Waals surface area contributed by atoms with E-state index in [0.717, 1.165) is 0 Å². The van der Waals surface area contributed by atoms with Crippen molar-refractivity contribution < 1.29 is 18.7 Å². The van der Waals surface area contributed by atoms with Crippen molar-refractivity contribution in [1.29, 1.82) is 0 Å². The third-order valence-corrected chi connectivity index (χ3v) is 1.78. The number of rotatable bonds is 2. The van der Waals surface area contributed by atoms with Crippen LogP contribution in [0.15, 0.2) is 0 Å². The fourth-order valence-electron chi connectivity index (χ4n) is 1.06. The molecule has 64 valence electrons. The minimum Gasteiger partial charge on any atom is -0.469 e. The largest absolute Gasteiger partial charge is 0.469 e. The van der Waals surface area contributed by atoms with Gasteiger partial charge in [0, 0.05) is 5.92 Å². The van der Waals surface area contributed by atoms with Gasteiger partial charge >= 0.3 is 5.97 Å². The van der Waals surface area contributed by atoms with Gasteiger partial charge in [0.25, 0.3) is 0 Å². The highest BCUT2D eigenvalue weighted by Crippen LogP contribution is 2.20. The molecule has 1 heterocycles. The van der Waals surface area contributed by atoms with E-state index in [-0.39, 0.29) is 24.9 Å². The molecule has 0 radical (unpaired) electrons. The second kappa shape index (κ2) is 3.67. The number of alkyl halides is 1. The summed E-state index contributed by atoms with van der Waals surface area (Å²) in [4.78, 5) is 10.7. The Kier molecular flexibility index (Phi) is 2.82. The molecule has 0 N–H and O–H groups in total. The van der Waals surface area contributed by atoms with Crippen LogP contribution in [-0.4, -0.2) is 32.5 Å². The van der Waals surface area contributed by atoms with Crippen LogP contribution in [0.5, 0.6) is 0 Å². The Morgan fingerprint density at radius 2 is 2.45 bits per heavy atom. The molecule has 0 aliphatic carbocycles. The first-order valence-corrected chi connectivity index (χ1v) is 3.52. The van der Waals surface area contributed by atoms with Crippen molar-refractivity contribution in [2.24, 2.45) is 5.92 Å². The Morgan fingerprint density at radius 1 is 1.73 bits per heavy atom. The minimum atomic E-state index is -1.01. The van der Waals surface area contributed by atoms with E-state index >= 15 is 0 Å². The molecule has 11 heavy (non-hydrogen) atoms. The standard InChI is InChI=1S/C7H11FO3/c1-10-7(9)2-5-3-11-4-6(5)8/h5-6H,2-4H2,1H3/t5-,6+/m0/s1. The average molecular weight is 162 g/mol. The van der Waals surface area contributed by atoms with E-state index in [9.17, 15) is 9.18 Å². The maximum atomic E-state index is 12.8. The lowest BCUT2D eigenvalue weighted by Gasteiger charge is -2.07. The van der Waals surface area contributed by atoms with Gasteiger partial charge in [-0.25, -0.2) is 4.39 Å². The van der Waals surface area contributed by atoms with Crippen LogP contribution < -0.4 is 0 Å². The molecule has 1 saturated heterocycles. The van der Waals surface area contributed by atoms with Crippen molar-refractivity contribution in [3.63, 3.8) is 0 Å². The summed E-state index contributed by atoms with van der Waals surface area (Å²) in [5.74, 6) is -0.675. The molecule has 1 rings (SSSR count). The molecule has 0 bridgehead atoms. The summed E-state index contributed by atoms with van der Waals surface area (Å²) >= 11 is 0. The van der Waals surface area contributed by atoms with Gasteiger partial charge in [0.15, 0.2) is 0 Å². The van der Waals surface area contributed by atoms with Crippen molar-refractivity contribution in [2.75, 3.05) is 20.3 Å². The van der Waals surface area contributed by atoms with Crippen molar-refractivity contribution in [1.82, 2.24) is 0 Å². The zero-order valence-electron chi connectivity index (χ0n) is 6.38. The smallest absolute Gasteiger partial charge is 0.305 e. The van der Waals surface area contributed by atoms with E-state index in [1.54, 1.807) is 0 Å². The van der Waals surface area contributed by atoms with E-state index < -0.39 is 6.17 Å². The SMILES string of the molecule is COC(=O)C[C@H]1COC[C@H]1F. The van der Waals surface area contributed by atoms with Gasteiger partial charge in [-0.05, 0) is 0 Å². The summed E-state index contributed by atoms with van der Waals surface area (Å²) in [5, 5.41) is 0. The van der Waals surface area contributed by atoms with Crippen LogP contribution in [0, 0.1) is 5.92 Å². The van der Waals surface area contributed by atoms with Crippen molar-refractivity contribution in [3.8, 4) is 0 Å². The Labute approximate surface area is 64.5 Å². The highest BCUT2D eigenvalue weighted by atomic mass is 19.1. The molecule has 0 saturated carbocycles. The Morgan fingerprint density at radius 3 is 2.91 bits per heavy atom. The van der Waals surface area contributed by atoms with Crippen molar-refractivity contribution >= 4 is 5.97 Å². The summed E-state index contributed by atoms with van der Waals surface area (Å²) in [5.41, 5.74) is 0. The van der Waals surface area contributed by atoms with E-state index in [4.69, 9.17) is 4.74 Å². The van der Waals surface area contributed by atoms with Crippen LogP contribution in [0.3, 0.4) is 0 Å². The van der Waals surface area contributed by atoms with Crippen molar-refractivity contribution in [3.05, 3.63) is 0 Å². The van der Waals surface area contributed by atoms with Crippen LogP contribution in [0.2, 0.25) is 0 Å². The molecule has 0 aromatic carbocycles. The second-order valence-corrected chi connectivity index (χ2v) is 2.59. The van der Waals surface area contributed by atoms with E-state index in [1.807, 2.05) is 0 Å². The maximum absolute atomic E-state index is 12.8. The molecule has 4 heteroatoms. The zero-order valence-corrected chi connectivity index (χ0v) is 6.38. The molecule has 1 aliphatic rings. The second-order valence-electron chi connectivity index (χ2n) is 2.59. The van der Waals surface area contributed by atoms with Gasteiger partial charge in [-0.2, -0.15) is 0 Å². The molecule has 0 aromatic rings. The lowest BCUT2D eigenvalue weighted by molar-refractivity contribution is -0.142. The zero-order chi connectivity index (χ0) is 8.27. The topological polar surface area (TPSA) is 35.5 Å². The van der Waals surface area contributed by atoms with Gasteiger partial charge in [-0.15, -0.1) is 0 Å². The van der Waals surface area contributed by atoms with Gasteiger partial charge in [-0.3, -0.25) is 4.79 Å². The number of halogens is 1. The predicted octanol–water partition coefficient (Wildman–Crippen LogP) is 0.534. The van der Waals surface area contributed by atoms with Gasteiger partial charge in [-0.1, -0.05) is 0 Å². The molecule has 2 atom stereocenters. The van der Waals surface area contributed by atoms with Crippen LogP contribution >= 0.6 is 0 Å².